The maximum absolute atomic E-state index is 12.7. The summed E-state index contributed by atoms with van der Waals surface area (Å²) in [6.07, 6.45) is -2.65. The number of anilines is 1. The number of aliphatic imine (C=N–C) groups is 1. The molecule has 29 heavy (non-hydrogen) atoms. The van der Waals surface area contributed by atoms with Gasteiger partial charge in [0.1, 0.15) is 36.2 Å². The van der Waals surface area contributed by atoms with Gasteiger partial charge in [0.2, 0.25) is 0 Å². The lowest BCUT2D eigenvalue weighted by atomic mass is 10.2. The highest BCUT2D eigenvalue weighted by molar-refractivity contribution is 6.02. The summed E-state index contributed by atoms with van der Waals surface area (Å²) < 4.78 is 54.8. The number of halogens is 4. The van der Waals surface area contributed by atoms with Crippen molar-refractivity contribution < 1.29 is 27.1 Å². The predicted octanol–water partition coefficient (Wildman–Crippen LogP) is 3.51. The molecule has 2 heterocycles. The van der Waals surface area contributed by atoms with Crippen LogP contribution in [0.15, 0.2) is 47.6 Å². The van der Waals surface area contributed by atoms with Crippen molar-refractivity contribution in [2.75, 3.05) is 18.5 Å². The van der Waals surface area contributed by atoms with E-state index in [1.165, 1.54) is 37.3 Å². The van der Waals surface area contributed by atoms with Crippen molar-refractivity contribution in [3.63, 3.8) is 0 Å². The van der Waals surface area contributed by atoms with Crippen molar-refractivity contribution in [2.45, 2.75) is 25.6 Å². The van der Waals surface area contributed by atoms with Crippen molar-refractivity contribution in [1.29, 1.82) is 0 Å². The molecule has 0 aliphatic carbocycles. The van der Waals surface area contributed by atoms with Crippen molar-refractivity contribution in [3.05, 3.63) is 59.7 Å². The number of carbonyl (C=O) groups excluding carboxylic acids is 1. The van der Waals surface area contributed by atoms with E-state index in [0.29, 0.717) is 24.7 Å². The van der Waals surface area contributed by atoms with Crippen LogP contribution in [-0.2, 0) is 4.74 Å². The van der Waals surface area contributed by atoms with Crippen LogP contribution in [0.25, 0.3) is 0 Å². The third kappa shape index (κ3) is 7.15. The quantitative estimate of drug-likeness (QED) is 0.752. The maximum Gasteiger partial charge on any atom is 0.274 e. The summed E-state index contributed by atoms with van der Waals surface area (Å²) in [5.41, 5.74) is 5.47. The van der Waals surface area contributed by atoms with E-state index in [0.717, 1.165) is 12.3 Å². The van der Waals surface area contributed by atoms with Crippen molar-refractivity contribution in [1.82, 2.24) is 4.98 Å². The highest BCUT2D eigenvalue weighted by Gasteiger charge is 2.19. The van der Waals surface area contributed by atoms with Gasteiger partial charge in [0.15, 0.2) is 0 Å². The molecule has 1 aliphatic rings. The van der Waals surface area contributed by atoms with E-state index in [2.05, 4.69) is 15.3 Å². The number of ether oxygens (including phenoxy) is 1. The lowest BCUT2D eigenvalue weighted by Crippen LogP contribution is -2.35. The first-order chi connectivity index (χ1) is 13.8. The molecular formula is C19H20F4N4O2. The van der Waals surface area contributed by atoms with Crippen LogP contribution in [0.4, 0.5) is 23.2 Å². The summed E-state index contributed by atoms with van der Waals surface area (Å²) in [6.45, 7) is 2.14. The van der Waals surface area contributed by atoms with E-state index in [-0.39, 0.29) is 11.3 Å². The Kier molecular flexibility index (Phi) is 8.08. The number of carbonyl (C=O) groups is 1. The SMILES string of the molecule is CC(F)C1COCC(N)=N1.O=C(Nc1ccc(F)cc1)c1ccc(C(F)F)cn1. The Morgan fingerprint density at radius 1 is 1.21 bits per heavy atom. The summed E-state index contributed by atoms with van der Waals surface area (Å²) in [7, 11) is 0. The Labute approximate surface area is 164 Å². The Hall–Kier alpha value is -3.01. The van der Waals surface area contributed by atoms with Crippen molar-refractivity contribution >= 4 is 17.4 Å². The van der Waals surface area contributed by atoms with Gasteiger partial charge >= 0.3 is 0 Å². The standard InChI is InChI=1S/C13H9F3N2O.C6H11FN2O/c14-9-2-4-10(5-3-9)18-13(19)11-6-1-8(7-17-11)12(15)16;1-4(7)5-2-10-3-6(8)9-5/h1-7,12H,(H,18,19);4-5H,2-3H2,1H3,(H2,8,9). The Morgan fingerprint density at radius 3 is 2.38 bits per heavy atom. The van der Waals surface area contributed by atoms with Gasteiger partial charge in [-0.05, 0) is 43.3 Å². The van der Waals surface area contributed by atoms with Gasteiger partial charge in [-0.25, -0.2) is 17.6 Å². The number of benzene rings is 1. The van der Waals surface area contributed by atoms with Gasteiger partial charge in [-0.2, -0.15) is 0 Å². The van der Waals surface area contributed by atoms with Crippen LogP contribution in [0.1, 0.15) is 29.4 Å². The molecule has 0 fully saturated rings. The predicted molar refractivity (Wildman–Crippen MR) is 100 cm³/mol. The van der Waals surface area contributed by atoms with Crippen molar-refractivity contribution in [2.24, 2.45) is 10.7 Å². The average molecular weight is 412 g/mol. The van der Waals surface area contributed by atoms with E-state index < -0.39 is 30.4 Å². The van der Waals surface area contributed by atoms with E-state index in [9.17, 15) is 22.4 Å². The van der Waals surface area contributed by atoms with Crippen LogP contribution in [0, 0.1) is 5.82 Å². The Bertz CT molecular complexity index is 827. The normalized spacial score (nSPS) is 17.0. The molecule has 10 heteroatoms. The molecule has 1 amide bonds. The minimum Gasteiger partial charge on any atom is -0.386 e. The highest BCUT2D eigenvalue weighted by atomic mass is 19.3. The number of pyridine rings is 1. The smallest absolute Gasteiger partial charge is 0.274 e. The molecule has 2 aromatic rings. The number of amides is 1. The fourth-order valence-corrected chi connectivity index (χ4v) is 2.20. The number of alkyl halides is 3. The van der Waals surface area contributed by atoms with Crippen LogP contribution >= 0.6 is 0 Å². The largest absolute Gasteiger partial charge is 0.386 e. The topological polar surface area (TPSA) is 89.6 Å². The zero-order valence-corrected chi connectivity index (χ0v) is 15.5. The zero-order valence-electron chi connectivity index (χ0n) is 15.5. The van der Waals surface area contributed by atoms with Crippen LogP contribution in [0.5, 0.6) is 0 Å². The molecule has 6 nitrogen and oxygen atoms in total. The van der Waals surface area contributed by atoms with E-state index in [4.69, 9.17) is 10.5 Å². The number of hydrogen-bond acceptors (Lipinski definition) is 5. The molecule has 3 N–H and O–H groups in total. The van der Waals surface area contributed by atoms with Crippen LogP contribution in [-0.4, -0.2) is 42.2 Å². The number of amidine groups is 1. The molecule has 0 spiro atoms. The van der Waals surface area contributed by atoms with Crippen LogP contribution in [0.2, 0.25) is 0 Å². The summed E-state index contributed by atoms with van der Waals surface area (Å²) in [5.74, 6) is -0.578. The molecule has 1 aliphatic heterocycles. The van der Waals surface area contributed by atoms with E-state index >= 15 is 0 Å². The third-order valence-corrected chi connectivity index (χ3v) is 3.77. The monoisotopic (exact) mass is 412 g/mol. The van der Waals surface area contributed by atoms with Crippen LogP contribution < -0.4 is 11.1 Å². The van der Waals surface area contributed by atoms with Crippen molar-refractivity contribution in [3.8, 4) is 0 Å². The third-order valence-electron chi connectivity index (χ3n) is 3.77. The molecule has 3 rings (SSSR count). The molecule has 0 saturated heterocycles. The maximum atomic E-state index is 12.7. The second-order valence-corrected chi connectivity index (χ2v) is 6.12. The number of rotatable bonds is 4. The second kappa shape index (κ2) is 10.5. The van der Waals surface area contributed by atoms with Gasteiger partial charge < -0.3 is 15.8 Å². The molecule has 0 radical (unpaired) electrons. The first-order valence-electron chi connectivity index (χ1n) is 8.61. The van der Waals surface area contributed by atoms with E-state index in [1.54, 1.807) is 0 Å². The number of nitrogens with zero attached hydrogens (tertiary/aromatic N) is 2. The van der Waals surface area contributed by atoms with E-state index in [1.807, 2.05) is 0 Å². The number of aromatic nitrogens is 1. The van der Waals surface area contributed by atoms with Gasteiger partial charge in [-0.1, -0.05) is 0 Å². The minimum atomic E-state index is -2.62. The highest BCUT2D eigenvalue weighted by Crippen LogP contribution is 2.17. The lowest BCUT2D eigenvalue weighted by molar-refractivity contribution is 0.102. The van der Waals surface area contributed by atoms with Gasteiger partial charge in [-0.15, -0.1) is 0 Å². The van der Waals surface area contributed by atoms with Crippen LogP contribution in [0.3, 0.4) is 0 Å². The summed E-state index contributed by atoms with van der Waals surface area (Å²) in [5, 5.41) is 2.48. The fraction of sp³-hybridized carbons (Fsp3) is 0.316. The molecule has 1 aromatic heterocycles. The van der Waals surface area contributed by atoms with Gasteiger partial charge in [-0.3, -0.25) is 14.8 Å². The Balaban J connectivity index is 0.000000253. The first kappa shape index (κ1) is 22.3. The van der Waals surface area contributed by atoms with Gasteiger partial charge in [0, 0.05) is 17.4 Å². The molecule has 2 unspecified atom stereocenters. The van der Waals surface area contributed by atoms with Gasteiger partial charge in [0.25, 0.3) is 12.3 Å². The first-order valence-corrected chi connectivity index (χ1v) is 8.61. The molecular weight excluding hydrogens is 392 g/mol. The number of hydrogen-bond donors (Lipinski definition) is 2. The lowest BCUT2D eigenvalue weighted by Gasteiger charge is -2.19. The zero-order chi connectivity index (χ0) is 21.4. The Morgan fingerprint density at radius 2 is 1.90 bits per heavy atom. The molecule has 1 aromatic carbocycles. The molecule has 0 bridgehead atoms. The summed E-state index contributed by atoms with van der Waals surface area (Å²) in [4.78, 5) is 19.2. The molecule has 156 valence electrons. The second-order valence-electron chi connectivity index (χ2n) is 6.12. The van der Waals surface area contributed by atoms with Gasteiger partial charge in [0.05, 0.1) is 6.61 Å². The molecule has 0 saturated carbocycles. The average Bonchev–Trinajstić information content (AvgIpc) is 2.70. The number of nitrogens with one attached hydrogen (secondary N) is 1. The summed E-state index contributed by atoms with van der Waals surface area (Å²) >= 11 is 0. The summed E-state index contributed by atoms with van der Waals surface area (Å²) in [6, 6.07) is 7.12. The minimum absolute atomic E-state index is 0.00808. The molecule has 2 atom stereocenters. The fourth-order valence-electron chi connectivity index (χ4n) is 2.20. The number of nitrogens with two attached hydrogens (primary N) is 1.